The third kappa shape index (κ3) is 3.61. The van der Waals surface area contributed by atoms with Crippen LogP contribution in [0.2, 0.25) is 0 Å². The number of phenols is 1. The van der Waals surface area contributed by atoms with Crippen LogP contribution in [0.4, 0.5) is 10.2 Å². The number of benzene rings is 2. The number of aromatic hydroxyl groups is 1. The van der Waals surface area contributed by atoms with Crippen LogP contribution in [0.25, 0.3) is 32.9 Å². The largest absolute Gasteiger partial charge is 0.508 e. The summed E-state index contributed by atoms with van der Waals surface area (Å²) in [6.07, 6.45) is 13.2. The average Bonchev–Trinajstić information content (AvgIpc) is 3.47. The van der Waals surface area contributed by atoms with E-state index < -0.39 is 5.82 Å². The second-order valence-corrected chi connectivity index (χ2v) is 13.7. The van der Waals surface area contributed by atoms with Crippen molar-refractivity contribution in [2.24, 2.45) is 5.92 Å². The molecular weight excluding hydrogens is 555 g/mol. The van der Waals surface area contributed by atoms with Gasteiger partial charge in [-0.25, -0.2) is 4.39 Å². The van der Waals surface area contributed by atoms with E-state index >= 15 is 4.39 Å². The Balaban J connectivity index is 1.19. The van der Waals surface area contributed by atoms with Crippen molar-refractivity contribution in [3.63, 3.8) is 0 Å². The number of piperidine rings is 1. The molecule has 0 saturated carbocycles. The summed E-state index contributed by atoms with van der Waals surface area (Å²) in [7, 11) is 0. The molecule has 4 unspecified atom stereocenters. The van der Waals surface area contributed by atoms with Crippen LogP contribution in [0.15, 0.2) is 36.5 Å². The minimum atomic E-state index is -0.574. The number of rotatable bonds is 5. The second kappa shape index (κ2) is 9.26. The van der Waals surface area contributed by atoms with E-state index in [4.69, 9.17) is 21.1 Å². The lowest BCUT2D eigenvalue weighted by Gasteiger charge is -2.67. The SMILES string of the molecule is C#Cc1cccc2cc(O)cc(-c3ncc4c(N5CC6CC7(C)C(C5)CN67)nc(OCC56CCCN5CCC6)nc4c3F)c12. The molecule has 2 aromatic heterocycles. The predicted molar refractivity (Wildman–Crippen MR) is 167 cm³/mol. The summed E-state index contributed by atoms with van der Waals surface area (Å²) in [5.74, 6) is 3.37. The summed E-state index contributed by atoms with van der Waals surface area (Å²) in [4.78, 5) is 21.8. The Kier molecular flexibility index (Phi) is 5.56. The van der Waals surface area contributed by atoms with E-state index in [1.165, 1.54) is 25.3 Å². The molecule has 9 heterocycles. The molecule has 2 aromatic carbocycles. The number of pyridine rings is 1. The quantitative estimate of drug-likeness (QED) is 0.327. The molecule has 0 spiro atoms. The predicted octanol–water partition coefficient (Wildman–Crippen LogP) is 4.96. The lowest BCUT2D eigenvalue weighted by Crippen LogP contribution is -2.77. The Morgan fingerprint density at radius 1 is 1.14 bits per heavy atom. The van der Waals surface area contributed by atoms with E-state index in [1.807, 2.05) is 18.2 Å². The summed E-state index contributed by atoms with van der Waals surface area (Å²) < 4.78 is 23.3. The molecule has 44 heavy (non-hydrogen) atoms. The van der Waals surface area contributed by atoms with Gasteiger partial charge in [0.2, 0.25) is 0 Å². The van der Waals surface area contributed by atoms with Crippen molar-refractivity contribution in [2.45, 2.75) is 56.1 Å². The van der Waals surface area contributed by atoms with Crippen molar-refractivity contribution in [2.75, 3.05) is 44.2 Å². The Labute approximate surface area is 255 Å². The maximum atomic E-state index is 16.9. The molecule has 0 amide bonds. The highest BCUT2D eigenvalue weighted by Crippen LogP contribution is 2.54. The fraction of sp³-hybridized carbons (Fsp3) is 0.457. The van der Waals surface area contributed by atoms with Gasteiger partial charge in [0.15, 0.2) is 5.82 Å². The van der Waals surface area contributed by atoms with Crippen molar-refractivity contribution in [3.8, 4) is 35.4 Å². The summed E-state index contributed by atoms with van der Waals surface area (Å²) in [5, 5.41) is 12.5. The van der Waals surface area contributed by atoms with Crippen molar-refractivity contribution in [1.29, 1.82) is 0 Å². The Hall–Kier alpha value is -4.00. The van der Waals surface area contributed by atoms with Gasteiger partial charge in [0, 0.05) is 59.8 Å². The molecule has 0 radical (unpaired) electrons. The van der Waals surface area contributed by atoms with Gasteiger partial charge in [0.25, 0.3) is 0 Å². The summed E-state index contributed by atoms with van der Waals surface area (Å²) in [6, 6.07) is 9.33. The van der Waals surface area contributed by atoms with E-state index in [2.05, 4.69) is 32.5 Å². The van der Waals surface area contributed by atoms with Crippen molar-refractivity contribution >= 4 is 27.5 Å². The fourth-order valence-electron chi connectivity index (χ4n) is 9.17. The maximum absolute atomic E-state index is 16.9. The maximum Gasteiger partial charge on any atom is 0.319 e. The molecule has 4 aromatic rings. The van der Waals surface area contributed by atoms with E-state index in [0.29, 0.717) is 51.7 Å². The van der Waals surface area contributed by atoms with Gasteiger partial charge in [0.1, 0.15) is 29.4 Å². The first-order chi connectivity index (χ1) is 21.4. The van der Waals surface area contributed by atoms with Gasteiger partial charge in [-0.1, -0.05) is 18.1 Å². The number of hydrogen-bond acceptors (Lipinski definition) is 8. The lowest BCUT2D eigenvalue weighted by atomic mass is 9.64. The van der Waals surface area contributed by atoms with Crippen LogP contribution in [-0.4, -0.2) is 86.3 Å². The van der Waals surface area contributed by atoms with E-state index in [1.54, 1.807) is 12.3 Å². The number of phenolic OH excluding ortho intramolecular Hbond substituents is 1. The van der Waals surface area contributed by atoms with Crippen molar-refractivity contribution in [1.82, 2.24) is 24.8 Å². The summed E-state index contributed by atoms with van der Waals surface area (Å²) in [5.41, 5.74) is 1.57. The number of fused-ring (bicyclic) bond motifs is 3. The third-order valence-electron chi connectivity index (χ3n) is 11.5. The highest BCUT2D eigenvalue weighted by Gasteiger charge is 2.63. The van der Waals surface area contributed by atoms with Crippen LogP contribution in [0, 0.1) is 24.1 Å². The number of ether oxygens (including phenoxy) is 1. The molecule has 224 valence electrons. The molecule has 7 saturated heterocycles. The van der Waals surface area contributed by atoms with E-state index in [9.17, 15) is 5.11 Å². The molecule has 4 bridgehead atoms. The van der Waals surface area contributed by atoms with Gasteiger partial charge >= 0.3 is 6.01 Å². The molecule has 9 heteroatoms. The lowest BCUT2D eigenvalue weighted by molar-refractivity contribution is -0.173. The first-order valence-electron chi connectivity index (χ1n) is 15.9. The monoisotopic (exact) mass is 590 g/mol. The molecule has 11 rings (SSSR count). The molecular formula is C35H35FN6O2. The van der Waals surface area contributed by atoms with E-state index in [0.717, 1.165) is 45.6 Å². The third-order valence-corrected chi connectivity index (χ3v) is 11.5. The topological polar surface area (TPSA) is 77.9 Å². The number of terminal acetylenes is 1. The normalized spacial score (nSPS) is 28.3. The van der Waals surface area contributed by atoms with Gasteiger partial charge in [-0.3, -0.25) is 14.8 Å². The second-order valence-electron chi connectivity index (χ2n) is 13.7. The van der Waals surface area contributed by atoms with Gasteiger partial charge in [0.05, 0.1) is 10.9 Å². The van der Waals surface area contributed by atoms with Crippen LogP contribution >= 0.6 is 0 Å². The van der Waals surface area contributed by atoms with Crippen LogP contribution in [-0.2, 0) is 0 Å². The molecule has 7 aliphatic rings. The highest BCUT2D eigenvalue weighted by atomic mass is 19.1. The van der Waals surface area contributed by atoms with Crippen LogP contribution < -0.4 is 9.64 Å². The number of halogens is 1. The summed E-state index contributed by atoms with van der Waals surface area (Å²) in [6.45, 7) is 7.85. The van der Waals surface area contributed by atoms with Crippen molar-refractivity contribution < 1.29 is 14.2 Å². The number of aromatic nitrogens is 3. The molecule has 4 atom stereocenters. The first kappa shape index (κ1) is 26.4. The minimum Gasteiger partial charge on any atom is -0.508 e. The molecule has 1 N–H and O–H groups in total. The average molecular weight is 591 g/mol. The van der Waals surface area contributed by atoms with Crippen LogP contribution in [0.3, 0.4) is 0 Å². The molecule has 7 aliphatic heterocycles. The smallest absolute Gasteiger partial charge is 0.319 e. The Morgan fingerprint density at radius 2 is 1.98 bits per heavy atom. The first-order valence-corrected chi connectivity index (χ1v) is 15.9. The minimum absolute atomic E-state index is 0.0124. The summed E-state index contributed by atoms with van der Waals surface area (Å²) >= 11 is 0. The van der Waals surface area contributed by atoms with E-state index in [-0.39, 0.29) is 34.0 Å². The van der Waals surface area contributed by atoms with Crippen molar-refractivity contribution in [3.05, 3.63) is 47.9 Å². The van der Waals surface area contributed by atoms with Gasteiger partial charge in [-0.05, 0) is 75.7 Å². The molecule has 7 fully saturated rings. The standard InChI is InChI=1S/C35H35FN6O2/c1-3-21-7-4-8-22-13-25(43)14-26(28(21)22)30-29(36)31-27(16-37-30)32(40-17-23-18-42-24(19-40)15-34(23,42)2)39-33(38-31)44-20-35-9-5-11-41(35)12-6-10-35/h1,4,7-8,13-14,16,23-24,43H,5-6,9-12,15,17-20H2,2H3. The fourth-order valence-corrected chi connectivity index (χ4v) is 9.17. The molecule has 0 aliphatic carbocycles. The van der Waals surface area contributed by atoms with Gasteiger partial charge < -0.3 is 14.7 Å². The molecule has 8 nitrogen and oxygen atoms in total. The zero-order chi connectivity index (χ0) is 29.8. The van der Waals surface area contributed by atoms with Gasteiger partial charge in [-0.2, -0.15) is 9.97 Å². The van der Waals surface area contributed by atoms with Crippen LogP contribution in [0.5, 0.6) is 11.8 Å². The van der Waals surface area contributed by atoms with Gasteiger partial charge in [-0.15, -0.1) is 6.42 Å². The van der Waals surface area contributed by atoms with Crippen LogP contribution in [0.1, 0.15) is 44.6 Å². The number of anilines is 1. The number of hydrogen-bond donors (Lipinski definition) is 1. The number of nitrogens with zero attached hydrogens (tertiary/aromatic N) is 6. The Morgan fingerprint density at radius 3 is 2.75 bits per heavy atom. The zero-order valence-electron chi connectivity index (χ0n) is 24.9. The zero-order valence-corrected chi connectivity index (χ0v) is 24.9. The highest BCUT2D eigenvalue weighted by molar-refractivity contribution is 6.02. The Bertz CT molecular complexity index is 1900.